The summed E-state index contributed by atoms with van der Waals surface area (Å²) in [4.78, 5) is 0. The van der Waals surface area contributed by atoms with Crippen LogP contribution >= 0.6 is 0 Å². The second-order valence-corrected chi connectivity index (χ2v) is 4.76. The van der Waals surface area contributed by atoms with Crippen LogP contribution in [0.1, 0.15) is 38.4 Å². The Labute approximate surface area is 91.9 Å². The minimum Gasteiger partial charge on any atom is -0.317 e. The second kappa shape index (κ2) is 4.79. The van der Waals surface area contributed by atoms with Crippen LogP contribution in [0.2, 0.25) is 0 Å². The van der Waals surface area contributed by atoms with Crippen molar-refractivity contribution in [3.8, 4) is 0 Å². The molecular formula is C12H21N3. The van der Waals surface area contributed by atoms with E-state index in [1.165, 1.54) is 38.0 Å². The lowest BCUT2D eigenvalue weighted by Crippen LogP contribution is -2.29. The summed E-state index contributed by atoms with van der Waals surface area (Å²) >= 11 is 0. The molecule has 1 aliphatic rings. The Kier molecular flexibility index (Phi) is 3.41. The molecule has 2 rings (SSSR count). The third-order valence-corrected chi connectivity index (χ3v) is 3.20. The van der Waals surface area contributed by atoms with Crippen LogP contribution in [0.4, 0.5) is 0 Å². The summed E-state index contributed by atoms with van der Waals surface area (Å²) in [7, 11) is 0. The number of hydrogen-bond donors (Lipinski definition) is 1. The van der Waals surface area contributed by atoms with Gasteiger partial charge in [-0.3, -0.25) is 4.68 Å². The lowest BCUT2D eigenvalue weighted by atomic mass is 9.93. The maximum atomic E-state index is 4.38. The lowest BCUT2D eigenvalue weighted by Gasteiger charge is -2.23. The van der Waals surface area contributed by atoms with Gasteiger partial charge in [0.2, 0.25) is 0 Å². The van der Waals surface area contributed by atoms with E-state index in [1.807, 2.05) is 6.20 Å². The molecule has 0 spiro atoms. The van der Waals surface area contributed by atoms with Crippen molar-refractivity contribution in [3.63, 3.8) is 0 Å². The van der Waals surface area contributed by atoms with Crippen LogP contribution in [-0.4, -0.2) is 22.9 Å². The molecule has 84 valence electrons. The highest BCUT2D eigenvalue weighted by Gasteiger charge is 2.16. The van der Waals surface area contributed by atoms with Gasteiger partial charge in [0.1, 0.15) is 0 Å². The molecule has 0 bridgehead atoms. The summed E-state index contributed by atoms with van der Waals surface area (Å²) in [6, 6.07) is 2.65. The Morgan fingerprint density at radius 1 is 1.47 bits per heavy atom. The van der Waals surface area contributed by atoms with E-state index in [0.29, 0.717) is 6.04 Å². The zero-order valence-electron chi connectivity index (χ0n) is 9.74. The Morgan fingerprint density at radius 2 is 2.20 bits per heavy atom. The highest BCUT2D eigenvalue weighted by molar-refractivity contribution is 5.03. The molecule has 3 nitrogen and oxygen atoms in total. The normalized spacial score (nSPS) is 18.6. The zero-order chi connectivity index (χ0) is 10.7. The van der Waals surface area contributed by atoms with E-state index in [0.717, 1.165) is 5.92 Å². The first-order valence-electron chi connectivity index (χ1n) is 6.00. The van der Waals surface area contributed by atoms with E-state index >= 15 is 0 Å². The average molecular weight is 207 g/mol. The molecule has 2 heterocycles. The third-order valence-electron chi connectivity index (χ3n) is 3.20. The fraction of sp³-hybridized carbons (Fsp3) is 0.750. The van der Waals surface area contributed by atoms with Crippen molar-refractivity contribution >= 4 is 0 Å². The SMILES string of the molecule is CC(C)n1nccc1CC1CCNCC1. The maximum absolute atomic E-state index is 4.38. The molecule has 0 aromatic carbocycles. The number of rotatable bonds is 3. The van der Waals surface area contributed by atoms with Gasteiger partial charge in [-0.05, 0) is 58.2 Å². The summed E-state index contributed by atoms with van der Waals surface area (Å²) in [5, 5.41) is 7.79. The number of nitrogens with zero attached hydrogens (tertiary/aromatic N) is 2. The number of piperidine rings is 1. The van der Waals surface area contributed by atoms with Crippen LogP contribution in [0.25, 0.3) is 0 Å². The zero-order valence-corrected chi connectivity index (χ0v) is 9.74. The first-order chi connectivity index (χ1) is 7.27. The second-order valence-electron chi connectivity index (χ2n) is 4.76. The standard InChI is InChI=1S/C12H21N3/c1-10(2)15-12(5-8-14-15)9-11-3-6-13-7-4-11/h5,8,10-11,13H,3-4,6-7,9H2,1-2H3. The van der Waals surface area contributed by atoms with Crippen molar-refractivity contribution in [1.82, 2.24) is 15.1 Å². The van der Waals surface area contributed by atoms with E-state index in [2.05, 4.69) is 35.0 Å². The summed E-state index contributed by atoms with van der Waals surface area (Å²) in [5.41, 5.74) is 1.40. The summed E-state index contributed by atoms with van der Waals surface area (Å²) in [6.45, 7) is 6.75. The van der Waals surface area contributed by atoms with E-state index < -0.39 is 0 Å². The van der Waals surface area contributed by atoms with E-state index in [4.69, 9.17) is 0 Å². The van der Waals surface area contributed by atoms with Gasteiger partial charge in [0.15, 0.2) is 0 Å². The molecule has 0 saturated carbocycles. The summed E-state index contributed by atoms with van der Waals surface area (Å²) in [5.74, 6) is 0.848. The Morgan fingerprint density at radius 3 is 2.87 bits per heavy atom. The minimum absolute atomic E-state index is 0.483. The molecule has 0 atom stereocenters. The molecular weight excluding hydrogens is 186 g/mol. The smallest absolute Gasteiger partial charge is 0.0492 e. The first kappa shape index (κ1) is 10.7. The van der Waals surface area contributed by atoms with Gasteiger partial charge in [-0.2, -0.15) is 5.10 Å². The van der Waals surface area contributed by atoms with E-state index in [9.17, 15) is 0 Å². The van der Waals surface area contributed by atoms with Gasteiger partial charge < -0.3 is 5.32 Å². The number of hydrogen-bond acceptors (Lipinski definition) is 2. The van der Waals surface area contributed by atoms with Crippen LogP contribution < -0.4 is 5.32 Å². The molecule has 1 saturated heterocycles. The van der Waals surface area contributed by atoms with Crippen molar-refractivity contribution in [2.45, 2.75) is 39.2 Å². The predicted octanol–water partition coefficient (Wildman–Crippen LogP) is 2.01. The van der Waals surface area contributed by atoms with Crippen molar-refractivity contribution in [2.24, 2.45) is 5.92 Å². The van der Waals surface area contributed by atoms with Crippen molar-refractivity contribution in [2.75, 3.05) is 13.1 Å². The van der Waals surface area contributed by atoms with Gasteiger partial charge in [0.05, 0.1) is 0 Å². The molecule has 0 unspecified atom stereocenters. The van der Waals surface area contributed by atoms with Crippen LogP contribution in [0.5, 0.6) is 0 Å². The first-order valence-corrected chi connectivity index (χ1v) is 6.00. The summed E-state index contributed by atoms with van der Waals surface area (Å²) in [6.07, 6.45) is 5.74. The molecule has 0 aliphatic carbocycles. The van der Waals surface area contributed by atoms with Crippen molar-refractivity contribution in [3.05, 3.63) is 18.0 Å². The fourth-order valence-electron chi connectivity index (χ4n) is 2.35. The van der Waals surface area contributed by atoms with Gasteiger partial charge in [-0.15, -0.1) is 0 Å². The molecule has 1 aliphatic heterocycles. The van der Waals surface area contributed by atoms with Crippen molar-refractivity contribution in [1.29, 1.82) is 0 Å². The molecule has 0 radical (unpaired) electrons. The van der Waals surface area contributed by atoms with Gasteiger partial charge in [-0.1, -0.05) is 0 Å². The molecule has 1 aromatic rings. The Bertz CT molecular complexity index is 298. The van der Waals surface area contributed by atoms with Gasteiger partial charge in [-0.25, -0.2) is 0 Å². The fourth-order valence-corrected chi connectivity index (χ4v) is 2.35. The molecule has 15 heavy (non-hydrogen) atoms. The van der Waals surface area contributed by atoms with Gasteiger partial charge >= 0.3 is 0 Å². The number of aromatic nitrogens is 2. The molecule has 1 N–H and O–H groups in total. The topological polar surface area (TPSA) is 29.9 Å². The third kappa shape index (κ3) is 2.59. The summed E-state index contributed by atoms with van der Waals surface area (Å²) < 4.78 is 2.15. The maximum Gasteiger partial charge on any atom is 0.0492 e. The van der Waals surface area contributed by atoms with Crippen molar-refractivity contribution < 1.29 is 0 Å². The van der Waals surface area contributed by atoms with Crippen LogP contribution in [0.3, 0.4) is 0 Å². The monoisotopic (exact) mass is 207 g/mol. The molecule has 1 fully saturated rings. The largest absolute Gasteiger partial charge is 0.317 e. The Hall–Kier alpha value is -0.830. The lowest BCUT2D eigenvalue weighted by molar-refractivity contribution is 0.359. The molecule has 3 heteroatoms. The minimum atomic E-state index is 0.483. The van der Waals surface area contributed by atoms with E-state index in [1.54, 1.807) is 0 Å². The highest BCUT2D eigenvalue weighted by Crippen LogP contribution is 2.19. The molecule has 1 aromatic heterocycles. The van der Waals surface area contributed by atoms with Crippen LogP contribution in [-0.2, 0) is 6.42 Å². The van der Waals surface area contributed by atoms with Gasteiger partial charge in [0.25, 0.3) is 0 Å². The van der Waals surface area contributed by atoms with Crippen LogP contribution in [0.15, 0.2) is 12.3 Å². The van der Waals surface area contributed by atoms with E-state index in [-0.39, 0.29) is 0 Å². The predicted molar refractivity (Wildman–Crippen MR) is 61.9 cm³/mol. The Balaban J connectivity index is 1.99. The number of nitrogens with one attached hydrogen (secondary N) is 1. The van der Waals surface area contributed by atoms with Gasteiger partial charge in [0, 0.05) is 17.9 Å². The highest BCUT2D eigenvalue weighted by atomic mass is 15.3. The van der Waals surface area contributed by atoms with Crippen LogP contribution in [0, 0.1) is 5.92 Å². The molecule has 0 amide bonds. The average Bonchev–Trinajstić information content (AvgIpc) is 2.67. The quantitative estimate of drug-likeness (QED) is 0.821.